The number of carbonyl (C=O) groups is 2. The Morgan fingerprint density at radius 2 is 1.77 bits per heavy atom. The first-order valence-corrected chi connectivity index (χ1v) is 14.1. The lowest BCUT2D eigenvalue weighted by Crippen LogP contribution is -2.50. The molecular weight excluding hydrogens is 546 g/mol. The summed E-state index contributed by atoms with van der Waals surface area (Å²) in [5.74, 6) is 1.22. The van der Waals surface area contributed by atoms with Gasteiger partial charge in [-0.2, -0.15) is 4.31 Å². The van der Waals surface area contributed by atoms with E-state index in [9.17, 15) is 28.2 Å². The molecule has 220 valence electrons. The molecule has 2 atom stereocenters. The number of nitrogens with one attached hydrogen (secondary N) is 1. The minimum Gasteiger partial charge on any atom is -0.493 e. The highest BCUT2D eigenvalue weighted by molar-refractivity contribution is 7.89. The van der Waals surface area contributed by atoms with Gasteiger partial charge in [-0.1, -0.05) is 26.0 Å². The molecule has 0 unspecified atom stereocenters. The summed E-state index contributed by atoms with van der Waals surface area (Å²) >= 11 is 0. The Bertz CT molecular complexity index is 1250. The van der Waals surface area contributed by atoms with Crippen LogP contribution in [0.15, 0.2) is 47.4 Å². The number of carboxylic acid groups (broad SMARTS) is 1. The van der Waals surface area contributed by atoms with Crippen molar-refractivity contribution in [3.8, 4) is 17.2 Å². The number of hydrogen-bond acceptors (Lipinski definition) is 9. The number of rotatable bonds is 15. The Morgan fingerprint density at radius 1 is 1.07 bits per heavy atom. The third kappa shape index (κ3) is 8.89. The average molecular weight is 582 g/mol. The summed E-state index contributed by atoms with van der Waals surface area (Å²) in [6, 6.07) is 10.1. The van der Waals surface area contributed by atoms with E-state index in [4.69, 9.17) is 19.9 Å². The lowest BCUT2D eigenvalue weighted by atomic mass is 10.0. The molecule has 0 saturated heterocycles. The van der Waals surface area contributed by atoms with Crippen molar-refractivity contribution < 1.29 is 47.2 Å². The van der Waals surface area contributed by atoms with Crippen molar-refractivity contribution >= 4 is 22.2 Å². The molecule has 0 spiro atoms. The van der Waals surface area contributed by atoms with Gasteiger partial charge in [0.2, 0.25) is 16.8 Å². The maximum absolute atomic E-state index is 13.5. The monoisotopic (exact) mass is 581 g/mol. The molecule has 1 aliphatic heterocycles. The lowest BCUT2D eigenvalue weighted by Gasteiger charge is -2.30. The number of nitrogens with two attached hydrogens (primary N) is 1. The normalized spacial score (nSPS) is 14.1. The van der Waals surface area contributed by atoms with Crippen LogP contribution < -0.4 is 25.3 Å². The summed E-state index contributed by atoms with van der Waals surface area (Å²) in [7, 11) is -4.06. The molecule has 40 heavy (non-hydrogen) atoms. The van der Waals surface area contributed by atoms with Crippen molar-refractivity contribution in [1.82, 2.24) is 9.62 Å². The van der Waals surface area contributed by atoms with Crippen LogP contribution in [0.25, 0.3) is 0 Å². The number of amides is 2. The number of hydrogen-bond donors (Lipinski definition) is 4. The van der Waals surface area contributed by atoms with Crippen LogP contribution in [-0.4, -0.2) is 80.4 Å². The number of carbonyl (C=O) groups excluding carboxylic acids is 1. The third-order valence-corrected chi connectivity index (χ3v) is 7.72. The number of benzene rings is 2. The quantitative estimate of drug-likeness (QED) is 0.227. The first-order chi connectivity index (χ1) is 19.0. The first-order valence-electron chi connectivity index (χ1n) is 12.7. The van der Waals surface area contributed by atoms with Crippen LogP contribution in [0.1, 0.15) is 25.8 Å². The summed E-state index contributed by atoms with van der Waals surface area (Å²) in [4.78, 5) is 22.1. The van der Waals surface area contributed by atoms with Gasteiger partial charge < -0.3 is 40.2 Å². The Labute approximate surface area is 232 Å². The zero-order valence-corrected chi connectivity index (χ0v) is 23.1. The fourth-order valence-electron chi connectivity index (χ4n) is 4.04. The molecule has 14 heteroatoms. The fourth-order valence-corrected chi connectivity index (χ4v) is 5.68. The van der Waals surface area contributed by atoms with Gasteiger partial charge in [-0.25, -0.2) is 18.0 Å². The number of aliphatic hydroxyl groups excluding tert-OH is 1. The molecule has 1 aliphatic rings. The van der Waals surface area contributed by atoms with Crippen molar-refractivity contribution in [2.24, 2.45) is 11.7 Å². The van der Waals surface area contributed by atoms with Gasteiger partial charge in [0, 0.05) is 25.6 Å². The second-order valence-electron chi connectivity index (χ2n) is 9.57. The molecule has 1 heterocycles. The van der Waals surface area contributed by atoms with Crippen LogP contribution in [0.2, 0.25) is 0 Å². The van der Waals surface area contributed by atoms with Crippen molar-refractivity contribution in [1.29, 1.82) is 0 Å². The molecule has 0 bridgehead atoms. The van der Waals surface area contributed by atoms with E-state index in [1.54, 1.807) is 24.3 Å². The second kappa shape index (κ2) is 14.1. The molecule has 3 rings (SSSR count). The van der Waals surface area contributed by atoms with Crippen LogP contribution in [0, 0.1) is 5.92 Å². The zero-order chi connectivity index (χ0) is 29.3. The highest BCUT2D eigenvalue weighted by Crippen LogP contribution is 2.35. The van der Waals surface area contributed by atoms with Gasteiger partial charge >= 0.3 is 12.2 Å². The van der Waals surface area contributed by atoms with Crippen molar-refractivity contribution in [2.45, 2.75) is 43.7 Å². The fraction of sp³-hybridized carbons (Fsp3) is 0.462. The number of fused-ring (bicyclic) bond motifs is 1. The van der Waals surface area contributed by atoms with E-state index < -0.39 is 34.4 Å². The summed E-state index contributed by atoms with van der Waals surface area (Å²) < 4.78 is 49.0. The van der Waals surface area contributed by atoms with Crippen LogP contribution in [0.4, 0.5) is 9.59 Å². The molecule has 0 aliphatic carbocycles. The molecule has 0 aromatic heterocycles. The van der Waals surface area contributed by atoms with Gasteiger partial charge in [-0.3, -0.25) is 0 Å². The number of sulfonamides is 1. The topological polar surface area (TPSA) is 187 Å². The average Bonchev–Trinajstić information content (AvgIpc) is 3.36. The van der Waals surface area contributed by atoms with Crippen molar-refractivity contribution in [3.63, 3.8) is 0 Å². The number of nitrogens with zero attached hydrogens (tertiary/aromatic N) is 1. The molecule has 5 N–H and O–H groups in total. The van der Waals surface area contributed by atoms with E-state index in [0.29, 0.717) is 29.2 Å². The largest absolute Gasteiger partial charge is 0.493 e. The van der Waals surface area contributed by atoms with Gasteiger partial charge in [-0.15, -0.1) is 0 Å². The number of primary amides is 1. The van der Waals surface area contributed by atoms with E-state index in [1.165, 1.54) is 18.2 Å². The summed E-state index contributed by atoms with van der Waals surface area (Å²) in [5.41, 5.74) is 5.59. The van der Waals surface area contributed by atoms with E-state index in [2.05, 4.69) is 10.1 Å². The Balaban J connectivity index is 1.70. The number of ether oxygens (including phenoxy) is 4. The van der Waals surface area contributed by atoms with Gasteiger partial charge in [0.05, 0.1) is 30.3 Å². The standard InChI is InChI=1S/C26H35N3O10S/c1-17(2)14-29(40(34,35)20-8-9-23-24(13-20)39-16-38-23)15-22(30)21(28-26(32)33)12-18-4-6-19(7-5-18)36-10-3-11-37-25(27)31/h4-9,13,17,21-22,28,30H,3,10-12,14-16H2,1-2H3,(H2,27,31)(H,32,33)/t21-,22-/m0/s1. The van der Waals surface area contributed by atoms with Gasteiger partial charge in [0.25, 0.3) is 0 Å². The van der Waals surface area contributed by atoms with E-state index in [1.807, 2.05) is 13.8 Å². The van der Waals surface area contributed by atoms with Gasteiger partial charge in [-0.05, 0) is 42.2 Å². The zero-order valence-electron chi connectivity index (χ0n) is 22.3. The minimum absolute atomic E-state index is 0.00514. The van der Waals surface area contributed by atoms with Crippen LogP contribution in [0.5, 0.6) is 17.2 Å². The molecule has 13 nitrogen and oxygen atoms in total. The van der Waals surface area contributed by atoms with Crippen molar-refractivity contribution in [2.75, 3.05) is 33.1 Å². The molecule has 0 saturated carbocycles. The van der Waals surface area contributed by atoms with Crippen molar-refractivity contribution in [3.05, 3.63) is 48.0 Å². The Morgan fingerprint density at radius 3 is 2.42 bits per heavy atom. The van der Waals surface area contributed by atoms with E-state index >= 15 is 0 Å². The van der Waals surface area contributed by atoms with Crippen LogP contribution in [-0.2, 0) is 21.2 Å². The molecule has 2 amide bonds. The van der Waals surface area contributed by atoms with Crippen LogP contribution in [0.3, 0.4) is 0 Å². The highest BCUT2D eigenvalue weighted by Gasteiger charge is 2.32. The molecule has 0 radical (unpaired) electrons. The van der Waals surface area contributed by atoms with Crippen LogP contribution >= 0.6 is 0 Å². The SMILES string of the molecule is CC(C)CN(C[C@H](O)[C@H](Cc1ccc(OCCCOC(N)=O)cc1)NC(=O)O)S(=O)(=O)c1ccc2c(c1)OCO2. The Kier molecular flexibility index (Phi) is 10.8. The Hall–Kier alpha value is -3.75. The van der Waals surface area contributed by atoms with Gasteiger partial charge in [0.15, 0.2) is 11.5 Å². The minimum atomic E-state index is -4.06. The first kappa shape index (κ1) is 30.8. The lowest BCUT2D eigenvalue weighted by molar-refractivity contribution is 0.0980. The summed E-state index contributed by atoms with van der Waals surface area (Å²) in [6.07, 6.45) is -3.02. The molecule has 0 fully saturated rings. The van der Waals surface area contributed by atoms with E-state index in [-0.39, 0.29) is 50.3 Å². The summed E-state index contributed by atoms with van der Waals surface area (Å²) in [6.45, 7) is 3.86. The smallest absolute Gasteiger partial charge is 0.404 e. The molecule has 2 aromatic rings. The molecule has 2 aromatic carbocycles. The maximum atomic E-state index is 13.5. The van der Waals surface area contributed by atoms with E-state index in [0.717, 1.165) is 4.31 Å². The third-order valence-electron chi connectivity index (χ3n) is 5.90. The number of aliphatic hydroxyl groups is 1. The van der Waals surface area contributed by atoms with Gasteiger partial charge in [0.1, 0.15) is 5.75 Å². The maximum Gasteiger partial charge on any atom is 0.404 e. The molecular formula is C26H35N3O10S. The highest BCUT2D eigenvalue weighted by atomic mass is 32.2. The summed E-state index contributed by atoms with van der Waals surface area (Å²) in [5, 5.41) is 22.8. The predicted octanol–water partition coefficient (Wildman–Crippen LogP) is 2.17. The second-order valence-corrected chi connectivity index (χ2v) is 11.5. The predicted molar refractivity (Wildman–Crippen MR) is 143 cm³/mol.